The average Bonchev–Trinajstić information content (AvgIpc) is 2.42. The molecule has 0 fully saturated rings. The molecular weight excluding hydrogens is 325 g/mol. The van der Waals surface area contributed by atoms with Crippen LogP contribution in [0.3, 0.4) is 0 Å². The van der Waals surface area contributed by atoms with Gasteiger partial charge in [0.2, 0.25) is 5.91 Å². The van der Waals surface area contributed by atoms with E-state index in [-0.39, 0.29) is 12.3 Å². The van der Waals surface area contributed by atoms with Crippen molar-refractivity contribution in [3.05, 3.63) is 51.9 Å². The maximum absolute atomic E-state index is 12.0. The van der Waals surface area contributed by atoms with E-state index in [9.17, 15) is 9.90 Å². The standard InChI is InChI=1S/C15H15Cl2N3O2/c1-15(2,22)10-6-13(19-8-11(10)16)20-14(21)5-9-3-4-12(17)18-7-9/h3-4,6-8,22H,5H2,1-2H3,(H,19,20,21). The number of aromatic nitrogens is 2. The van der Waals surface area contributed by atoms with E-state index in [1.807, 2.05) is 0 Å². The first-order valence-corrected chi connectivity index (χ1v) is 7.30. The summed E-state index contributed by atoms with van der Waals surface area (Å²) in [5, 5.41) is 13.4. The quantitative estimate of drug-likeness (QED) is 0.838. The second-order valence-electron chi connectivity index (χ2n) is 5.32. The molecule has 2 heterocycles. The van der Waals surface area contributed by atoms with Gasteiger partial charge in [-0.1, -0.05) is 29.3 Å². The first-order valence-electron chi connectivity index (χ1n) is 6.54. The number of carbonyl (C=O) groups excluding carboxylic acids is 1. The number of rotatable bonds is 4. The van der Waals surface area contributed by atoms with Crippen molar-refractivity contribution < 1.29 is 9.90 Å². The zero-order chi connectivity index (χ0) is 16.3. The third-order valence-electron chi connectivity index (χ3n) is 2.94. The molecule has 0 aliphatic heterocycles. The van der Waals surface area contributed by atoms with Crippen LogP contribution in [0, 0.1) is 0 Å². The molecule has 0 saturated carbocycles. The van der Waals surface area contributed by atoms with Crippen molar-refractivity contribution in [1.82, 2.24) is 9.97 Å². The maximum atomic E-state index is 12.0. The predicted octanol–water partition coefficient (Wildman–Crippen LogP) is 3.19. The molecule has 0 bridgehead atoms. The summed E-state index contributed by atoms with van der Waals surface area (Å²) in [4.78, 5) is 20.0. The molecule has 2 N–H and O–H groups in total. The fourth-order valence-electron chi connectivity index (χ4n) is 1.86. The summed E-state index contributed by atoms with van der Waals surface area (Å²) in [5.74, 6) is 0.0779. The molecule has 5 nitrogen and oxygen atoms in total. The van der Waals surface area contributed by atoms with Crippen molar-refractivity contribution in [1.29, 1.82) is 0 Å². The van der Waals surface area contributed by atoms with Crippen molar-refractivity contribution in [2.75, 3.05) is 5.32 Å². The Morgan fingerprint density at radius 1 is 1.27 bits per heavy atom. The largest absolute Gasteiger partial charge is 0.386 e. The Labute approximate surface area is 138 Å². The molecule has 0 atom stereocenters. The van der Waals surface area contributed by atoms with Crippen LogP contribution in [0.2, 0.25) is 10.2 Å². The van der Waals surface area contributed by atoms with Crippen molar-refractivity contribution in [3.63, 3.8) is 0 Å². The Balaban J connectivity index is 2.10. The molecule has 2 rings (SSSR count). The van der Waals surface area contributed by atoms with Gasteiger partial charge in [0.05, 0.1) is 17.0 Å². The molecule has 2 aromatic heterocycles. The minimum absolute atomic E-state index is 0.145. The van der Waals surface area contributed by atoms with Crippen LogP contribution >= 0.6 is 23.2 Å². The first kappa shape index (κ1) is 16.7. The van der Waals surface area contributed by atoms with Crippen LogP contribution in [0.25, 0.3) is 0 Å². The molecule has 0 saturated heterocycles. The fraction of sp³-hybridized carbons (Fsp3) is 0.267. The van der Waals surface area contributed by atoms with Gasteiger partial charge in [-0.3, -0.25) is 4.79 Å². The van der Waals surface area contributed by atoms with E-state index in [1.165, 1.54) is 6.20 Å². The number of aliphatic hydroxyl groups is 1. The summed E-state index contributed by atoms with van der Waals surface area (Å²) in [6, 6.07) is 4.91. The number of hydrogen-bond donors (Lipinski definition) is 2. The molecule has 2 aromatic rings. The van der Waals surface area contributed by atoms with Crippen LogP contribution in [-0.2, 0) is 16.8 Å². The first-order chi connectivity index (χ1) is 10.3. The molecule has 0 aliphatic carbocycles. The lowest BCUT2D eigenvalue weighted by atomic mass is 9.99. The molecular formula is C15H15Cl2N3O2. The van der Waals surface area contributed by atoms with Crippen molar-refractivity contribution >= 4 is 34.9 Å². The van der Waals surface area contributed by atoms with Crippen LogP contribution in [0.4, 0.5) is 5.82 Å². The Kier molecular flexibility index (Phi) is 5.01. The third-order valence-corrected chi connectivity index (χ3v) is 3.46. The molecule has 116 valence electrons. The van der Waals surface area contributed by atoms with Crippen molar-refractivity contribution in [2.45, 2.75) is 25.9 Å². The molecule has 0 aromatic carbocycles. The van der Waals surface area contributed by atoms with Gasteiger partial charge in [0, 0.05) is 18.0 Å². The molecule has 0 radical (unpaired) electrons. The van der Waals surface area contributed by atoms with E-state index < -0.39 is 5.60 Å². The fourth-order valence-corrected chi connectivity index (χ4v) is 2.31. The molecule has 0 unspecified atom stereocenters. The summed E-state index contributed by atoms with van der Waals surface area (Å²) >= 11 is 11.7. The minimum atomic E-state index is -1.13. The predicted molar refractivity (Wildman–Crippen MR) is 86.1 cm³/mol. The summed E-state index contributed by atoms with van der Waals surface area (Å²) in [7, 11) is 0. The number of nitrogens with zero attached hydrogens (tertiary/aromatic N) is 2. The second kappa shape index (κ2) is 6.60. The molecule has 0 spiro atoms. The highest BCUT2D eigenvalue weighted by atomic mass is 35.5. The van der Waals surface area contributed by atoms with Crippen LogP contribution in [0.1, 0.15) is 25.0 Å². The highest BCUT2D eigenvalue weighted by Crippen LogP contribution is 2.28. The van der Waals surface area contributed by atoms with E-state index in [1.54, 1.807) is 38.2 Å². The van der Waals surface area contributed by atoms with Gasteiger partial charge in [-0.2, -0.15) is 0 Å². The van der Waals surface area contributed by atoms with Gasteiger partial charge in [-0.25, -0.2) is 9.97 Å². The smallest absolute Gasteiger partial charge is 0.230 e. The highest BCUT2D eigenvalue weighted by molar-refractivity contribution is 6.31. The summed E-state index contributed by atoms with van der Waals surface area (Å²) < 4.78 is 0. The number of pyridine rings is 2. The lowest BCUT2D eigenvalue weighted by Crippen LogP contribution is -2.19. The van der Waals surface area contributed by atoms with E-state index in [0.717, 1.165) is 5.56 Å². The van der Waals surface area contributed by atoms with Gasteiger partial charge in [0.15, 0.2) is 0 Å². The molecule has 1 amide bonds. The number of nitrogens with one attached hydrogen (secondary N) is 1. The number of halogens is 2. The monoisotopic (exact) mass is 339 g/mol. The number of hydrogen-bond acceptors (Lipinski definition) is 4. The topological polar surface area (TPSA) is 75.1 Å². The van der Waals surface area contributed by atoms with Gasteiger partial charge in [0.1, 0.15) is 11.0 Å². The molecule has 22 heavy (non-hydrogen) atoms. The number of carbonyl (C=O) groups is 1. The van der Waals surface area contributed by atoms with E-state index >= 15 is 0 Å². The van der Waals surface area contributed by atoms with E-state index in [2.05, 4.69) is 15.3 Å². The van der Waals surface area contributed by atoms with Crippen molar-refractivity contribution in [2.24, 2.45) is 0 Å². The van der Waals surface area contributed by atoms with Gasteiger partial charge in [0.25, 0.3) is 0 Å². The van der Waals surface area contributed by atoms with Gasteiger partial charge < -0.3 is 10.4 Å². The summed E-state index contributed by atoms with van der Waals surface area (Å²) in [6.45, 7) is 3.22. The summed E-state index contributed by atoms with van der Waals surface area (Å²) in [5.41, 5.74) is 0.103. The Hall–Kier alpha value is -1.69. The van der Waals surface area contributed by atoms with E-state index in [0.29, 0.717) is 21.6 Å². The lowest BCUT2D eigenvalue weighted by Gasteiger charge is -2.19. The molecule has 0 aliphatic rings. The average molecular weight is 340 g/mol. The van der Waals surface area contributed by atoms with Crippen LogP contribution in [-0.4, -0.2) is 21.0 Å². The normalized spacial score (nSPS) is 11.3. The van der Waals surface area contributed by atoms with Crippen LogP contribution < -0.4 is 5.32 Å². The number of amides is 1. The lowest BCUT2D eigenvalue weighted by molar-refractivity contribution is -0.115. The van der Waals surface area contributed by atoms with Gasteiger partial charge >= 0.3 is 0 Å². The Morgan fingerprint density at radius 2 is 2.00 bits per heavy atom. The summed E-state index contributed by atoms with van der Waals surface area (Å²) in [6.07, 6.45) is 3.08. The SMILES string of the molecule is CC(C)(O)c1cc(NC(=O)Cc2ccc(Cl)nc2)ncc1Cl. The van der Waals surface area contributed by atoms with Crippen LogP contribution in [0.5, 0.6) is 0 Å². The zero-order valence-electron chi connectivity index (χ0n) is 12.1. The second-order valence-corrected chi connectivity index (χ2v) is 6.12. The Morgan fingerprint density at radius 3 is 2.59 bits per heavy atom. The highest BCUT2D eigenvalue weighted by Gasteiger charge is 2.20. The van der Waals surface area contributed by atoms with Crippen molar-refractivity contribution in [3.8, 4) is 0 Å². The number of anilines is 1. The van der Waals surface area contributed by atoms with E-state index in [4.69, 9.17) is 23.2 Å². The Bertz CT molecular complexity index is 682. The van der Waals surface area contributed by atoms with Gasteiger partial charge in [-0.05, 0) is 31.5 Å². The van der Waals surface area contributed by atoms with Gasteiger partial charge in [-0.15, -0.1) is 0 Å². The van der Waals surface area contributed by atoms with Crippen LogP contribution in [0.15, 0.2) is 30.6 Å². The minimum Gasteiger partial charge on any atom is -0.386 e. The molecule has 7 heteroatoms. The third kappa shape index (κ3) is 4.40. The zero-order valence-corrected chi connectivity index (χ0v) is 13.6. The maximum Gasteiger partial charge on any atom is 0.230 e.